The van der Waals surface area contributed by atoms with Crippen molar-refractivity contribution in [3.8, 4) is 5.75 Å². The molecule has 0 aliphatic rings. The maximum absolute atomic E-state index is 8.74. The molecule has 4 heteroatoms. The van der Waals surface area contributed by atoms with Crippen molar-refractivity contribution < 1.29 is 14.3 Å². The van der Waals surface area contributed by atoms with Gasteiger partial charge in [-0.05, 0) is 30.5 Å². The largest absolute Gasteiger partial charge is 0.427 e. The Morgan fingerprint density at radius 3 is 2.05 bits per heavy atom. The fourth-order valence-electron chi connectivity index (χ4n) is 2.10. The Morgan fingerprint density at radius 2 is 1.47 bits per heavy atom. The van der Waals surface area contributed by atoms with Gasteiger partial charge in [0, 0.05) is 0 Å². The zero-order valence-corrected chi connectivity index (χ0v) is 12.6. The number of benzene rings is 1. The summed E-state index contributed by atoms with van der Waals surface area (Å²) in [5, 5.41) is 0. The number of unbranched alkanes of at least 4 members (excludes halogenated alkanes) is 6. The van der Waals surface area contributed by atoms with Crippen LogP contribution in [0.2, 0.25) is 0 Å². The van der Waals surface area contributed by atoms with E-state index in [9.17, 15) is 0 Å². The molecule has 1 rings (SSSR count). The van der Waals surface area contributed by atoms with E-state index in [1.54, 1.807) is 12.1 Å². The zero-order valence-electron chi connectivity index (χ0n) is 11.7. The molecule has 0 heterocycles. The number of hydrogen-bond donors (Lipinski definition) is 2. The molecule has 0 atom stereocenters. The van der Waals surface area contributed by atoms with Crippen LogP contribution in [-0.4, -0.2) is 9.79 Å². The van der Waals surface area contributed by atoms with Gasteiger partial charge in [-0.2, -0.15) is 0 Å². The van der Waals surface area contributed by atoms with Crippen LogP contribution in [0.1, 0.15) is 57.4 Å². The summed E-state index contributed by atoms with van der Waals surface area (Å²) >= 11 is 0. The Balaban J connectivity index is 2.12. The molecule has 0 fully saturated rings. The van der Waals surface area contributed by atoms with Gasteiger partial charge in [0.05, 0.1) is 0 Å². The lowest BCUT2D eigenvalue weighted by molar-refractivity contribution is 0.375. The van der Waals surface area contributed by atoms with E-state index in [2.05, 4.69) is 6.92 Å². The fourth-order valence-corrected chi connectivity index (χ4v) is 2.41. The van der Waals surface area contributed by atoms with Gasteiger partial charge in [0.15, 0.2) is 0 Å². The Hall–Kier alpha value is -0.630. The van der Waals surface area contributed by atoms with E-state index >= 15 is 0 Å². The highest BCUT2D eigenvalue weighted by molar-refractivity contribution is 7.39. The van der Waals surface area contributed by atoms with Crippen molar-refractivity contribution in [2.45, 2.75) is 58.3 Å². The molecule has 1 aromatic rings. The standard InChI is InChI=1S/C15H25O3P/c1-2-3-4-5-6-7-8-9-14-10-12-15(13-11-14)18-19(16)17/h10-13,16-17H,2-9H2,1H3. The van der Waals surface area contributed by atoms with Crippen LogP contribution in [0.5, 0.6) is 5.75 Å². The molecule has 3 nitrogen and oxygen atoms in total. The van der Waals surface area contributed by atoms with Crippen LogP contribution in [0, 0.1) is 0 Å². The number of hydrogen-bond acceptors (Lipinski definition) is 3. The third-order valence-corrected chi connectivity index (χ3v) is 3.55. The summed E-state index contributed by atoms with van der Waals surface area (Å²) in [6.07, 6.45) is 10.3. The van der Waals surface area contributed by atoms with E-state index in [0.717, 1.165) is 6.42 Å². The summed E-state index contributed by atoms with van der Waals surface area (Å²) in [5.41, 5.74) is 1.28. The van der Waals surface area contributed by atoms with Gasteiger partial charge in [-0.3, -0.25) is 0 Å². The minimum atomic E-state index is -2.31. The second kappa shape index (κ2) is 10.2. The van der Waals surface area contributed by atoms with E-state index < -0.39 is 8.60 Å². The average Bonchev–Trinajstić information content (AvgIpc) is 2.39. The second-order valence-electron chi connectivity index (χ2n) is 4.86. The number of rotatable bonds is 10. The smallest absolute Gasteiger partial charge is 0.391 e. The van der Waals surface area contributed by atoms with Gasteiger partial charge in [-0.25, -0.2) is 0 Å². The Labute approximate surface area is 117 Å². The zero-order chi connectivity index (χ0) is 13.9. The molecule has 1 aromatic carbocycles. The lowest BCUT2D eigenvalue weighted by atomic mass is 10.0. The molecule has 0 radical (unpaired) electrons. The average molecular weight is 284 g/mol. The van der Waals surface area contributed by atoms with Gasteiger partial charge in [-0.15, -0.1) is 0 Å². The molecule has 0 bridgehead atoms. The van der Waals surface area contributed by atoms with E-state index in [-0.39, 0.29) is 0 Å². The Bertz CT molecular complexity index is 325. The minimum Gasteiger partial charge on any atom is -0.427 e. The Kier molecular flexibility index (Phi) is 8.81. The second-order valence-corrected chi connectivity index (χ2v) is 5.55. The van der Waals surface area contributed by atoms with Gasteiger partial charge < -0.3 is 14.3 Å². The summed E-state index contributed by atoms with van der Waals surface area (Å²) in [7, 11) is -2.31. The molecule has 2 N–H and O–H groups in total. The lowest BCUT2D eigenvalue weighted by Crippen LogP contribution is -1.88. The SMILES string of the molecule is CCCCCCCCCc1ccc(OP(O)O)cc1. The van der Waals surface area contributed by atoms with Gasteiger partial charge in [0.25, 0.3) is 0 Å². The van der Waals surface area contributed by atoms with Crippen molar-refractivity contribution in [1.82, 2.24) is 0 Å². The van der Waals surface area contributed by atoms with Gasteiger partial charge >= 0.3 is 8.60 Å². The highest BCUT2D eigenvalue weighted by Gasteiger charge is 2.02. The van der Waals surface area contributed by atoms with Crippen LogP contribution >= 0.6 is 8.60 Å². The topological polar surface area (TPSA) is 49.7 Å². The summed E-state index contributed by atoms with van der Waals surface area (Å²) in [4.78, 5) is 17.5. The van der Waals surface area contributed by atoms with Crippen LogP contribution < -0.4 is 4.52 Å². The predicted octanol–water partition coefficient (Wildman–Crippen LogP) is 4.57. The quantitative estimate of drug-likeness (QED) is 0.489. The van der Waals surface area contributed by atoms with Gasteiger partial charge in [0.2, 0.25) is 0 Å². The highest BCUT2D eigenvalue weighted by atomic mass is 31.2. The van der Waals surface area contributed by atoms with Crippen LogP contribution in [-0.2, 0) is 6.42 Å². The van der Waals surface area contributed by atoms with Crippen molar-refractivity contribution in [2.24, 2.45) is 0 Å². The third kappa shape index (κ3) is 8.20. The van der Waals surface area contributed by atoms with Crippen LogP contribution in [0.4, 0.5) is 0 Å². The summed E-state index contributed by atoms with van der Waals surface area (Å²) in [6.45, 7) is 2.24. The van der Waals surface area contributed by atoms with E-state index in [0.29, 0.717) is 5.75 Å². The molecule has 19 heavy (non-hydrogen) atoms. The lowest BCUT2D eigenvalue weighted by Gasteiger charge is -2.06. The molecular weight excluding hydrogens is 259 g/mol. The van der Waals surface area contributed by atoms with E-state index in [1.807, 2.05) is 12.1 Å². The number of aryl methyl sites for hydroxylation is 1. The first-order valence-electron chi connectivity index (χ1n) is 7.17. The molecule has 0 aliphatic carbocycles. The maximum Gasteiger partial charge on any atom is 0.391 e. The van der Waals surface area contributed by atoms with Crippen molar-refractivity contribution >= 4 is 8.60 Å². The van der Waals surface area contributed by atoms with Crippen molar-refractivity contribution in [3.63, 3.8) is 0 Å². The first-order valence-corrected chi connectivity index (χ1v) is 8.33. The molecule has 0 spiro atoms. The fraction of sp³-hybridized carbons (Fsp3) is 0.600. The highest BCUT2D eigenvalue weighted by Crippen LogP contribution is 2.28. The molecular formula is C15H25O3P. The summed E-state index contributed by atoms with van der Waals surface area (Å²) in [5.74, 6) is 0.513. The summed E-state index contributed by atoms with van der Waals surface area (Å²) in [6, 6.07) is 7.56. The monoisotopic (exact) mass is 284 g/mol. The Morgan fingerprint density at radius 1 is 0.895 bits per heavy atom. The third-order valence-electron chi connectivity index (χ3n) is 3.18. The van der Waals surface area contributed by atoms with Gasteiger partial charge in [0.1, 0.15) is 5.75 Å². The van der Waals surface area contributed by atoms with Gasteiger partial charge in [-0.1, -0.05) is 57.6 Å². The molecule has 108 valence electrons. The first-order chi connectivity index (χ1) is 9.22. The molecule has 0 aliphatic heterocycles. The predicted molar refractivity (Wildman–Crippen MR) is 80.1 cm³/mol. The molecule has 0 unspecified atom stereocenters. The first kappa shape index (κ1) is 16.4. The molecule has 0 saturated carbocycles. The van der Waals surface area contributed by atoms with E-state index in [1.165, 1.54) is 50.5 Å². The molecule has 0 amide bonds. The normalized spacial score (nSPS) is 10.9. The van der Waals surface area contributed by atoms with Crippen LogP contribution in [0.3, 0.4) is 0 Å². The van der Waals surface area contributed by atoms with Crippen LogP contribution in [0.15, 0.2) is 24.3 Å². The van der Waals surface area contributed by atoms with Crippen LogP contribution in [0.25, 0.3) is 0 Å². The van der Waals surface area contributed by atoms with Crippen molar-refractivity contribution in [3.05, 3.63) is 29.8 Å². The van der Waals surface area contributed by atoms with Crippen molar-refractivity contribution in [1.29, 1.82) is 0 Å². The van der Waals surface area contributed by atoms with Crippen molar-refractivity contribution in [2.75, 3.05) is 0 Å². The minimum absolute atomic E-state index is 0.513. The maximum atomic E-state index is 8.74. The molecule has 0 saturated heterocycles. The summed E-state index contributed by atoms with van der Waals surface area (Å²) < 4.78 is 4.83. The molecule has 0 aromatic heterocycles. The van der Waals surface area contributed by atoms with E-state index in [4.69, 9.17) is 14.3 Å².